The summed E-state index contributed by atoms with van der Waals surface area (Å²) >= 11 is 0. The lowest BCUT2D eigenvalue weighted by Crippen LogP contribution is -2.10. The molecule has 0 unspecified atom stereocenters. The average Bonchev–Trinajstić information content (AvgIpc) is 3.03. The van der Waals surface area contributed by atoms with Gasteiger partial charge in [-0.25, -0.2) is 19.9 Å². The molecule has 7 nitrogen and oxygen atoms in total. The van der Waals surface area contributed by atoms with E-state index < -0.39 is 0 Å². The molecule has 0 aliphatic carbocycles. The molecule has 3 heterocycles. The van der Waals surface area contributed by atoms with Crippen LogP contribution in [0.15, 0.2) is 55.1 Å². The van der Waals surface area contributed by atoms with E-state index in [1.54, 1.807) is 18.7 Å². The molecule has 1 N–H and O–H groups in total. The van der Waals surface area contributed by atoms with E-state index in [-0.39, 0.29) is 0 Å². The molecular weight excluding hydrogens is 314 g/mol. The maximum Gasteiger partial charge on any atom is 0.224 e. The van der Waals surface area contributed by atoms with E-state index >= 15 is 0 Å². The lowest BCUT2D eigenvalue weighted by atomic mass is 10.1. The third-order valence-corrected chi connectivity index (χ3v) is 3.89. The number of aromatic nitrogens is 6. The first-order valence-electron chi connectivity index (χ1n) is 8.05. The summed E-state index contributed by atoms with van der Waals surface area (Å²) in [6.07, 6.45) is 5.97. The first-order valence-corrected chi connectivity index (χ1v) is 8.05. The SMILES string of the molecule is Cn1cnc2nc(NCCc3nccc(-c4ccccc4)n3)ncc21. The van der Waals surface area contributed by atoms with Crippen LogP contribution in [0, 0.1) is 0 Å². The number of anilines is 1. The number of nitrogens with one attached hydrogen (secondary N) is 1. The molecule has 4 rings (SSSR count). The minimum absolute atomic E-state index is 0.561. The lowest BCUT2D eigenvalue weighted by molar-refractivity contribution is 0.887. The van der Waals surface area contributed by atoms with Gasteiger partial charge in [-0.3, -0.25) is 0 Å². The highest BCUT2D eigenvalue weighted by Crippen LogP contribution is 2.15. The minimum Gasteiger partial charge on any atom is -0.354 e. The van der Waals surface area contributed by atoms with Crippen molar-refractivity contribution < 1.29 is 0 Å². The maximum atomic E-state index is 4.62. The van der Waals surface area contributed by atoms with Gasteiger partial charge in [0, 0.05) is 31.8 Å². The molecule has 0 atom stereocenters. The molecule has 3 aromatic heterocycles. The summed E-state index contributed by atoms with van der Waals surface area (Å²) in [6, 6.07) is 12.0. The Balaban J connectivity index is 1.42. The van der Waals surface area contributed by atoms with E-state index in [9.17, 15) is 0 Å². The van der Waals surface area contributed by atoms with Crippen molar-refractivity contribution >= 4 is 17.1 Å². The van der Waals surface area contributed by atoms with Crippen LogP contribution in [-0.4, -0.2) is 36.0 Å². The van der Waals surface area contributed by atoms with E-state index in [1.807, 2.05) is 48.0 Å². The van der Waals surface area contributed by atoms with Crippen molar-refractivity contribution in [1.82, 2.24) is 29.5 Å². The van der Waals surface area contributed by atoms with Gasteiger partial charge in [-0.05, 0) is 6.07 Å². The fourth-order valence-electron chi connectivity index (χ4n) is 2.57. The van der Waals surface area contributed by atoms with E-state index in [2.05, 4.69) is 30.2 Å². The summed E-state index contributed by atoms with van der Waals surface area (Å²) in [5.74, 6) is 1.35. The largest absolute Gasteiger partial charge is 0.354 e. The van der Waals surface area contributed by atoms with Crippen molar-refractivity contribution in [2.75, 3.05) is 11.9 Å². The highest BCUT2D eigenvalue weighted by molar-refractivity contribution is 5.70. The Labute approximate surface area is 144 Å². The van der Waals surface area contributed by atoms with E-state index in [1.165, 1.54) is 0 Å². The predicted octanol–water partition coefficient (Wildman–Crippen LogP) is 2.47. The Morgan fingerprint density at radius 1 is 1.00 bits per heavy atom. The number of benzene rings is 1. The summed E-state index contributed by atoms with van der Waals surface area (Å²) in [5, 5.41) is 3.20. The number of imidazole rings is 1. The summed E-state index contributed by atoms with van der Waals surface area (Å²) in [5.41, 5.74) is 3.60. The molecule has 0 amide bonds. The van der Waals surface area contributed by atoms with Gasteiger partial charge in [-0.2, -0.15) is 4.98 Å². The number of fused-ring (bicyclic) bond motifs is 1. The molecule has 0 fully saturated rings. The molecule has 0 spiro atoms. The Bertz CT molecular complexity index is 995. The van der Waals surface area contributed by atoms with Gasteiger partial charge in [0.25, 0.3) is 0 Å². The van der Waals surface area contributed by atoms with Crippen molar-refractivity contribution in [3.8, 4) is 11.3 Å². The van der Waals surface area contributed by atoms with Gasteiger partial charge in [-0.15, -0.1) is 0 Å². The van der Waals surface area contributed by atoms with Crippen LogP contribution in [0.5, 0.6) is 0 Å². The van der Waals surface area contributed by atoms with E-state index in [4.69, 9.17) is 0 Å². The second-order valence-electron chi connectivity index (χ2n) is 5.66. The standard InChI is InChI=1S/C18H17N7/c1-25-12-22-17-15(25)11-21-18(24-17)20-10-8-16-19-9-7-14(23-16)13-5-3-2-4-6-13/h2-7,9,11-12H,8,10H2,1H3,(H,20,21,24). The Morgan fingerprint density at radius 3 is 2.76 bits per heavy atom. The summed E-state index contributed by atoms with van der Waals surface area (Å²) in [6.45, 7) is 0.649. The van der Waals surface area contributed by atoms with Crippen LogP contribution in [0.1, 0.15) is 5.82 Å². The first-order chi connectivity index (χ1) is 12.3. The lowest BCUT2D eigenvalue weighted by Gasteiger charge is -2.06. The van der Waals surface area contributed by atoms with E-state index in [0.717, 1.165) is 22.6 Å². The maximum absolute atomic E-state index is 4.62. The van der Waals surface area contributed by atoms with Gasteiger partial charge in [0.15, 0.2) is 5.65 Å². The number of nitrogens with zero attached hydrogens (tertiary/aromatic N) is 6. The molecule has 1 aromatic carbocycles. The van der Waals surface area contributed by atoms with Crippen molar-refractivity contribution in [1.29, 1.82) is 0 Å². The summed E-state index contributed by atoms with van der Waals surface area (Å²) in [4.78, 5) is 21.9. The van der Waals surface area contributed by atoms with Gasteiger partial charge in [0.1, 0.15) is 11.3 Å². The Kier molecular flexibility index (Phi) is 4.04. The highest BCUT2D eigenvalue weighted by atomic mass is 15.1. The van der Waals surface area contributed by atoms with Gasteiger partial charge in [0.2, 0.25) is 5.95 Å². The third-order valence-electron chi connectivity index (χ3n) is 3.89. The zero-order chi connectivity index (χ0) is 17.1. The average molecular weight is 331 g/mol. The zero-order valence-electron chi connectivity index (χ0n) is 13.8. The molecule has 0 aliphatic heterocycles. The molecule has 0 aliphatic rings. The smallest absolute Gasteiger partial charge is 0.224 e. The zero-order valence-corrected chi connectivity index (χ0v) is 13.8. The van der Waals surface area contributed by atoms with Crippen LogP contribution in [0.2, 0.25) is 0 Å². The van der Waals surface area contributed by atoms with Crippen molar-refractivity contribution in [2.24, 2.45) is 7.05 Å². The van der Waals surface area contributed by atoms with Gasteiger partial charge >= 0.3 is 0 Å². The van der Waals surface area contributed by atoms with Crippen LogP contribution >= 0.6 is 0 Å². The van der Waals surface area contributed by atoms with E-state index in [0.29, 0.717) is 24.6 Å². The normalized spacial score (nSPS) is 10.9. The molecule has 0 saturated heterocycles. The van der Waals surface area contributed by atoms with Crippen LogP contribution in [-0.2, 0) is 13.5 Å². The van der Waals surface area contributed by atoms with Crippen LogP contribution in [0.25, 0.3) is 22.4 Å². The number of hydrogen-bond acceptors (Lipinski definition) is 6. The monoisotopic (exact) mass is 331 g/mol. The van der Waals surface area contributed by atoms with Gasteiger partial charge < -0.3 is 9.88 Å². The van der Waals surface area contributed by atoms with Crippen LogP contribution < -0.4 is 5.32 Å². The number of aryl methyl sites for hydroxylation is 1. The fourth-order valence-corrected chi connectivity index (χ4v) is 2.57. The fraction of sp³-hybridized carbons (Fsp3) is 0.167. The molecule has 0 radical (unpaired) electrons. The topological polar surface area (TPSA) is 81.4 Å². The summed E-state index contributed by atoms with van der Waals surface area (Å²) in [7, 11) is 1.92. The highest BCUT2D eigenvalue weighted by Gasteiger charge is 2.05. The molecule has 124 valence electrons. The van der Waals surface area contributed by atoms with Gasteiger partial charge in [-0.1, -0.05) is 30.3 Å². The second kappa shape index (κ2) is 6.64. The third kappa shape index (κ3) is 3.30. The predicted molar refractivity (Wildman–Crippen MR) is 96.0 cm³/mol. The molecule has 0 bridgehead atoms. The quantitative estimate of drug-likeness (QED) is 0.605. The Hall–Kier alpha value is -3.35. The molecule has 25 heavy (non-hydrogen) atoms. The second-order valence-corrected chi connectivity index (χ2v) is 5.66. The van der Waals surface area contributed by atoms with Gasteiger partial charge in [0.05, 0.1) is 18.2 Å². The van der Waals surface area contributed by atoms with Crippen LogP contribution in [0.4, 0.5) is 5.95 Å². The van der Waals surface area contributed by atoms with Crippen LogP contribution in [0.3, 0.4) is 0 Å². The molecule has 4 aromatic rings. The molecular formula is C18H17N7. The minimum atomic E-state index is 0.561. The molecule has 7 heteroatoms. The molecule has 0 saturated carbocycles. The number of rotatable bonds is 5. The van der Waals surface area contributed by atoms with Crippen molar-refractivity contribution in [3.05, 3.63) is 60.9 Å². The first kappa shape index (κ1) is 15.2. The number of hydrogen-bond donors (Lipinski definition) is 1. The summed E-state index contributed by atoms with van der Waals surface area (Å²) < 4.78 is 1.89. The van der Waals surface area contributed by atoms with Crippen molar-refractivity contribution in [2.45, 2.75) is 6.42 Å². The Morgan fingerprint density at radius 2 is 1.88 bits per heavy atom. The van der Waals surface area contributed by atoms with Crippen molar-refractivity contribution in [3.63, 3.8) is 0 Å².